The molecule has 16 heavy (non-hydrogen) atoms. The molecule has 1 aromatic rings. The molecule has 0 aliphatic heterocycles. The highest BCUT2D eigenvalue weighted by Gasteiger charge is 2.43. The molecule has 0 unspecified atom stereocenters. The van der Waals surface area contributed by atoms with Crippen LogP contribution in [0.2, 0.25) is 5.54 Å². The Balaban J connectivity index is 3.10. The zero-order valence-electron chi connectivity index (χ0n) is 10.7. The third-order valence-corrected chi connectivity index (χ3v) is 6.75. The molecule has 0 bridgehead atoms. The second kappa shape index (κ2) is 6.18. The van der Waals surface area contributed by atoms with Gasteiger partial charge in [-0.25, -0.2) is 0 Å². The van der Waals surface area contributed by atoms with Gasteiger partial charge in [0.1, 0.15) is 0 Å². The molecule has 1 rings (SSSR count). The van der Waals surface area contributed by atoms with Crippen LogP contribution in [0, 0.1) is 0 Å². The van der Waals surface area contributed by atoms with Gasteiger partial charge in [-0.15, -0.1) is 0 Å². The summed E-state index contributed by atoms with van der Waals surface area (Å²) < 4.78 is 12.1. The van der Waals surface area contributed by atoms with Crippen molar-refractivity contribution in [2.75, 3.05) is 13.2 Å². The first kappa shape index (κ1) is 13.4. The fourth-order valence-electron chi connectivity index (χ4n) is 1.97. The first-order valence-corrected chi connectivity index (χ1v) is 7.90. The van der Waals surface area contributed by atoms with E-state index in [0.717, 1.165) is 0 Å². The SMILES string of the molecule is CCO[Si](OCC)(c1ccccc1)C(C)C. The summed E-state index contributed by atoms with van der Waals surface area (Å²) in [5, 5.41) is 1.23. The van der Waals surface area contributed by atoms with Crippen LogP contribution in [-0.4, -0.2) is 21.8 Å². The standard InChI is InChI=1S/C13H22O2Si/c1-5-14-16(12(3)4,15-6-2)13-10-8-7-9-11-13/h7-12H,5-6H2,1-4H3. The average molecular weight is 238 g/mol. The third-order valence-electron chi connectivity index (χ3n) is 2.65. The Morgan fingerprint density at radius 1 is 1.00 bits per heavy atom. The summed E-state index contributed by atoms with van der Waals surface area (Å²) in [6, 6.07) is 10.4. The molecule has 2 nitrogen and oxygen atoms in total. The van der Waals surface area contributed by atoms with Crippen molar-refractivity contribution in [3.63, 3.8) is 0 Å². The summed E-state index contributed by atoms with van der Waals surface area (Å²) in [5.74, 6) is 0. The molecule has 1 aromatic carbocycles. The van der Waals surface area contributed by atoms with Gasteiger partial charge >= 0.3 is 8.56 Å². The maximum absolute atomic E-state index is 6.03. The van der Waals surface area contributed by atoms with Crippen molar-refractivity contribution >= 4 is 13.7 Å². The van der Waals surface area contributed by atoms with Crippen LogP contribution in [0.15, 0.2) is 30.3 Å². The van der Waals surface area contributed by atoms with Crippen LogP contribution in [0.25, 0.3) is 0 Å². The maximum atomic E-state index is 6.03. The fourth-order valence-corrected chi connectivity index (χ4v) is 5.24. The smallest absolute Gasteiger partial charge is 0.375 e. The zero-order chi connectivity index (χ0) is 12.0. The lowest BCUT2D eigenvalue weighted by molar-refractivity contribution is 0.188. The van der Waals surface area contributed by atoms with Crippen molar-refractivity contribution in [1.82, 2.24) is 0 Å². The van der Waals surface area contributed by atoms with Gasteiger partial charge in [-0.05, 0) is 19.0 Å². The second-order valence-corrected chi connectivity index (χ2v) is 7.70. The van der Waals surface area contributed by atoms with Crippen molar-refractivity contribution in [2.24, 2.45) is 0 Å². The summed E-state index contributed by atoms with van der Waals surface area (Å²) in [6.07, 6.45) is 0. The van der Waals surface area contributed by atoms with Gasteiger partial charge in [0.15, 0.2) is 0 Å². The molecular formula is C13H22O2Si. The number of hydrogen-bond acceptors (Lipinski definition) is 2. The van der Waals surface area contributed by atoms with Crippen LogP contribution in [0.4, 0.5) is 0 Å². The maximum Gasteiger partial charge on any atom is 0.375 e. The lowest BCUT2D eigenvalue weighted by Gasteiger charge is -2.33. The predicted molar refractivity (Wildman–Crippen MR) is 70.2 cm³/mol. The van der Waals surface area contributed by atoms with Crippen LogP contribution in [0.1, 0.15) is 27.7 Å². The van der Waals surface area contributed by atoms with E-state index in [-0.39, 0.29) is 0 Å². The first-order valence-electron chi connectivity index (χ1n) is 6.00. The monoisotopic (exact) mass is 238 g/mol. The largest absolute Gasteiger partial charge is 0.391 e. The Morgan fingerprint density at radius 3 is 1.88 bits per heavy atom. The number of benzene rings is 1. The highest BCUT2D eigenvalue weighted by Crippen LogP contribution is 2.23. The Hall–Kier alpha value is -0.643. The van der Waals surface area contributed by atoms with E-state index in [1.165, 1.54) is 5.19 Å². The lowest BCUT2D eigenvalue weighted by atomic mass is 10.4. The molecule has 0 fully saturated rings. The van der Waals surface area contributed by atoms with Crippen LogP contribution in [-0.2, 0) is 8.85 Å². The summed E-state index contributed by atoms with van der Waals surface area (Å²) in [5.41, 5.74) is 0.412. The highest BCUT2D eigenvalue weighted by atomic mass is 28.4. The molecule has 0 saturated heterocycles. The third kappa shape index (κ3) is 2.73. The molecule has 0 aliphatic rings. The molecule has 90 valence electrons. The summed E-state index contributed by atoms with van der Waals surface area (Å²) in [4.78, 5) is 0. The van der Waals surface area contributed by atoms with E-state index in [1.54, 1.807) is 0 Å². The first-order chi connectivity index (χ1) is 7.67. The lowest BCUT2D eigenvalue weighted by Crippen LogP contribution is -2.56. The molecule has 3 heteroatoms. The fraction of sp³-hybridized carbons (Fsp3) is 0.538. The Morgan fingerprint density at radius 2 is 1.50 bits per heavy atom. The van der Waals surface area contributed by atoms with E-state index in [4.69, 9.17) is 8.85 Å². The Labute approximate surface area is 99.8 Å². The van der Waals surface area contributed by atoms with Crippen molar-refractivity contribution in [2.45, 2.75) is 33.2 Å². The van der Waals surface area contributed by atoms with Gasteiger partial charge < -0.3 is 8.85 Å². The molecule has 0 heterocycles. The molecule has 0 radical (unpaired) electrons. The Kier molecular flexibility index (Phi) is 5.18. The summed E-state index contributed by atoms with van der Waals surface area (Å²) in [6.45, 7) is 9.85. The van der Waals surface area contributed by atoms with E-state index in [9.17, 15) is 0 Å². The summed E-state index contributed by atoms with van der Waals surface area (Å²) >= 11 is 0. The molecule has 0 saturated carbocycles. The average Bonchev–Trinajstić information content (AvgIpc) is 2.29. The number of hydrogen-bond donors (Lipinski definition) is 0. The second-order valence-electron chi connectivity index (χ2n) is 4.05. The quantitative estimate of drug-likeness (QED) is 0.710. The van der Waals surface area contributed by atoms with Crippen LogP contribution in [0.5, 0.6) is 0 Å². The molecule has 0 amide bonds. The van der Waals surface area contributed by atoms with Gasteiger partial charge in [0.2, 0.25) is 0 Å². The van der Waals surface area contributed by atoms with Crippen molar-refractivity contribution in [3.8, 4) is 0 Å². The topological polar surface area (TPSA) is 18.5 Å². The van der Waals surface area contributed by atoms with Crippen molar-refractivity contribution < 1.29 is 8.85 Å². The molecule has 0 aromatic heterocycles. The molecule has 0 spiro atoms. The van der Waals surface area contributed by atoms with Crippen molar-refractivity contribution in [3.05, 3.63) is 30.3 Å². The van der Waals surface area contributed by atoms with Gasteiger partial charge in [0.05, 0.1) is 0 Å². The van der Waals surface area contributed by atoms with Crippen LogP contribution >= 0.6 is 0 Å². The number of rotatable bonds is 6. The summed E-state index contributed by atoms with van der Waals surface area (Å²) in [7, 11) is -2.25. The van der Waals surface area contributed by atoms with E-state index >= 15 is 0 Å². The minimum absolute atomic E-state index is 0.412. The molecule has 0 aliphatic carbocycles. The van der Waals surface area contributed by atoms with Gasteiger partial charge in [-0.2, -0.15) is 0 Å². The minimum atomic E-state index is -2.25. The van der Waals surface area contributed by atoms with Crippen molar-refractivity contribution in [1.29, 1.82) is 0 Å². The molecule has 0 atom stereocenters. The molecule has 0 N–H and O–H groups in total. The van der Waals surface area contributed by atoms with Gasteiger partial charge in [0, 0.05) is 18.8 Å². The minimum Gasteiger partial charge on any atom is -0.391 e. The molecular weight excluding hydrogens is 216 g/mol. The van der Waals surface area contributed by atoms with Gasteiger partial charge in [-0.1, -0.05) is 44.2 Å². The van der Waals surface area contributed by atoms with Crippen LogP contribution < -0.4 is 5.19 Å². The Bertz CT molecular complexity index is 292. The highest BCUT2D eigenvalue weighted by molar-refractivity contribution is 6.82. The van der Waals surface area contributed by atoms with Gasteiger partial charge in [0.25, 0.3) is 0 Å². The normalized spacial score (nSPS) is 12.1. The van der Waals surface area contributed by atoms with Crippen LogP contribution in [0.3, 0.4) is 0 Å². The van der Waals surface area contributed by atoms with Gasteiger partial charge in [-0.3, -0.25) is 0 Å². The van der Waals surface area contributed by atoms with E-state index < -0.39 is 8.56 Å². The zero-order valence-corrected chi connectivity index (χ0v) is 11.7. The van der Waals surface area contributed by atoms with E-state index in [1.807, 2.05) is 19.9 Å². The van der Waals surface area contributed by atoms with E-state index in [2.05, 4.69) is 38.1 Å². The van der Waals surface area contributed by atoms with E-state index in [0.29, 0.717) is 18.8 Å². The predicted octanol–water partition coefficient (Wildman–Crippen LogP) is 2.82.